The van der Waals surface area contributed by atoms with Crippen LogP contribution < -0.4 is 5.32 Å². The van der Waals surface area contributed by atoms with Crippen molar-refractivity contribution in [3.8, 4) is 10.4 Å². The fourth-order valence-electron chi connectivity index (χ4n) is 2.19. The number of rotatable bonds is 6. The molecule has 1 aromatic carbocycles. The number of thiophene rings is 1. The molecule has 0 saturated heterocycles. The Morgan fingerprint density at radius 1 is 1.11 bits per heavy atom. The summed E-state index contributed by atoms with van der Waals surface area (Å²) in [5.41, 5.74) is 1.24. The van der Waals surface area contributed by atoms with E-state index in [4.69, 9.17) is 11.6 Å². The lowest BCUT2D eigenvalue weighted by atomic mass is 10.1. The predicted octanol–water partition coefficient (Wildman–Crippen LogP) is 5.52. The van der Waals surface area contributed by atoms with E-state index < -0.39 is 0 Å². The third-order valence-electron chi connectivity index (χ3n) is 3.13. The fraction of sp³-hybridized carbons (Fsp3) is 0.375. The van der Waals surface area contributed by atoms with Crippen LogP contribution in [0.3, 0.4) is 0 Å². The lowest BCUT2D eigenvalue weighted by Crippen LogP contribution is -2.19. The molecule has 102 valence electrons. The minimum absolute atomic E-state index is 0.487. The molecule has 1 atom stereocenters. The Morgan fingerprint density at radius 2 is 1.84 bits per heavy atom. The van der Waals surface area contributed by atoms with Crippen molar-refractivity contribution in [2.24, 2.45) is 0 Å². The quantitative estimate of drug-likeness (QED) is 0.739. The van der Waals surface area contributed by atoms with E-state index in [-0.39, 0.29) is 0 Å². The summed E-state index contributed by atoms with van der Waals surface area (Å²) in [5.74, 6) is 0. The number of nitrogens with one attached hydrogen (secondary N) is 1. The van der Waals surface area contributed by atoms with Gasteiger partial charge in [0.05, 0.1) is 0 Å². The highest BCUT2D eigenvalue weighted by Gasteiger charge is 2.12. The minimum Gasteiger partial charge on any atom is -0.310 e. The zero-order valence-corrected chi connectivity index (χ0v) is 13.0. The van der Waals surface area contributed by atoms with Gasteiger partial charge in [0.15, 0.2) is 0 Å². The van der Waals surface area contributed by atoms with Crippen LogP contribution in [0.2, 0.25) is 5.02 Å². The molecule has 0 fully saturated rings. The Balaban J connectivity index is 2.19. The van der Waals surface area contributed by atoms with Gasteiger partial charge in [-0.25, -0.2) is 0 Å². The normalized spacial score (nSPS) is 12.6. The second kappa shape index (κ2) is 7.09. The van der Waals surface area contributed by atoms with E-state index in [1.165, 1.54) is 28.2 Å². The van der Waals surface area contributed by atoms with E-state index in [1.807, 2.05) is 23.5 Å². The van der Waals surface area contributed by atoms with Crippen molar-refractivity contribution in [3.05, 3.63) is 46.3 Å². The highest BCUT2D eigenvalue weighted by Crippen LogP contribution is 2.33. The molecule has 19 heavy (non-hydrogen) atoms. The van der Waals surface area contributed by atoms with Gasteiger partial charge in [0.1, 0.15) is 0 Å². The van der Waals surface area contributed by atoms with Gasteiger partial charge in [0.2, 0.25) is 0 Å². The van der Waals surface area contributed by atoms with E-state index >= 15 is 0 Å². The van der Waals surface area contributed by atoms with E-state index in [9.17, 15) is 0 Å². The largest absolute Gasteiger partial charge is 0.310 e. The van der Waals surface area contributed by atoms with Crippen molar-refractivity contribution in [2.75, 3.05) is 6.54 Å². The number of halogens is 1. The summed E-state index contributed by atoms with van der Waals surface area (Å²) in [6.45, 7) is 5.41. The van der Waals surface area contributed by atoms with Crippen LogP contribution in [0.4, 0.5) is 0 Å². The van der Waals surface area contributed by atoms with E-state index in [0.29, 0.717) is 6.04 Å². The van der Waals surface area contributed by atoms with Gasteiger partial charge in [-0.15, -0.1) is 11.3 Å². The summed E-state index contributed by atoms with van der Waals surface area (Å²) in [4.78, 5) is 2.74. The number of hydrogen-bond acceptors (Lipinski definition) is 2. The third-order valence-corrected chi connectivity index (χ3v) is 4.63. The van der Waals surface area contributed by atoms with Gasteiger partial charge in [-0.2, -0.15) is 0 Å². The van der Waals surface area contributed by atoms with Crippen LogP contribution in [0.1, 0.15) is 37.6 Å². The molecule has 0 amide bonds. The smallest absolute Gasteiger partial charge is 0.0414 e. The molecule has 0 aliphatic heterocycles. The maximum absolute atomic E-state index is 5.93. The molecule has 2 rings (SSSR count). The van der Waals surface area contributed by atoms with E-state index in [1.54, 1.807) is 0 Å². The Kier molecular flexibility index (Phi) is 5.44. The minimum atomic E-state index is 0.487. The molecule has 0 aliphatic rings. The van der Waals surface area contributed by atoms with Crippen LogP contribution in [-0.4, -0.2) is 6.54 Å². The highest BCUT2D eigenvalue weighted by molar-refractivity contribution is 7.15. The van der Waals surface area contributed by atoms with Gasteiger partial charge >= 0.3 is 0 Å². The Morgan fingerprint density at radius 3 is 2.47 bits per heavy atom. The Hall–Kier alpha value is -0.830. The van der Waals surface area contributed by atoms with Crippen LogP contribution in [-0.2, 0) is 0 Å². The third kappa shape index (κ3) is 3.82. The summed E-state index contributed by atoms with van der Waals surface area (Å²) in [6.07, 6.45) is 2.39. The summed E-state index contributed by atoms with van der Waals surface area (Å²) >= 11 is 7.80. The van der Waals surface area contributed by atoms with Gasteiger partial charge in [0, 0.05) is 20.8 Å². The Bertz CT molecular complexity index is 498. The maximum atomic E-state index is 5.93. The molecule has 0 aliphatic carbocycles. The number of benzene rings is 1. The van der Waals surface area contributed by atoms with Crippen LogP contribution in [0.15, 0.2) is 36.4 Å². The Labute approximate surface area is 124 Å². The zero-order chi connectivity index (χ0) is 13.7. The average Bonchev–Trinajstić information content (AvgIpc) is 2.89. The van der Waals surface area contributed by atoms with Crippen molar-refractivity contribution >= 4 is 22.9 Å². The average molecular weight is 294 g/mol. The molecule has 0 spiro atoms. The maximum Gasteiger partial charge on any atom is 0.0414 e. The monoisotopic (exact) mass is 293 g/mol. The van der Waals surface area contributed by atoms with Crippen molar-refractivity contribution in [3.63, 3.8) is 0 Å². The summed E-state index contributed by atoms with van der Waals surface area (Å²) in [6, 6.07) is 13.0. The van der Waals surface area contributed by atoms with Crippen molar-refractivity contribution in [1.82, 2.24) is 5.32 Å². The number of hydrogen-bond donors (Lipinski definition) is 1. The van der Waals surface area contributed by atoms with Crippen LogP contribution in [0.5, 0.6) is 0 Å². The first kappa shape index (κ1) is 14.6. The highest BCUT2D eigenvalue weighted by atomic mass is 35.5. The molecule has 1 N–H and O–H groups in total. The van der Waals surface area contributed by atoms with E-state index in [0.717, 1.165) is 11.6 Å². The molecule has 1 nitrogen and oxygen atoms in total. The summed E-state index contributed by atoms with van der Waals surface area (Å²) in [7, 11) is 0. The van der Waals surface area contributed by atoms with Gasteiger partial charge in [-0.05, 0) is 42.8 Å². The molecule has 0 saturated carbocycles. The van der Waals surface area contributed by atoms with Crippen LogP contribution in [0, 0.1) is 0 Å². The molecule has 0 radical (unpaired) electrons. The topological polar surface area (TPSA) is 12.0 Å². The second-order valence-electron chi connectivity index (χ2n) is 4.61. The molecule has 3 heteroatoms. The molecule has 1 heterocycles. The first-order valence-corrected chi connectivity index (χ1v) is 8.03. The molecular weight excluding hydrogens is 274 g/mol. The van der Waals surface area contributed by atoms with Crippen LogP contribution in [0.25, 0.3) is 10.4 Å². The molecule has 1 unspecified atom stereocenters. The van der Waals surface area contributed by atoms with Gasteiger partial charge < -0.3 is 5.32 Å². The lowest BCUT2D eigenvalue weighted by molar-refractivity contribution is 0.516. The van der Waals surface area contributed by atoms with Gasteiger partial charge in [-0.3, -0.25) is 0 Å². The molecule has 1 aromatic heterocycles. The van der Waals surface area contributed by atoms with E-state index in [2.05, 4.69) is 43.4 Å². The lowest BCUT2D eigenvalue weighted by Gasteiger charge is -2.15. The first-order chi connectivity index (χ1) is 9.24. The zero-order valence-electron chi connectivity index (χ0n) is 11.4. The van der Waals surface area contributed by atoms with Gasteiger partial charge in [-0.1, -0.05) is 44.0 Å². The predicted molar refractivity (Wildman–Crippen MR) is 86.1 cm³/mol. The summed E-state index contributed by atoms with van der Waals surface area (Å²) < 4.78 is 0. The van der Waals surface area contributed by atoms with Crippen molar-refractivity contribution < 1.29 is 0 Å². The molecule has 2 aromatic rings. The first-order valence-electron chi connectivity index (χ1n) is 6.83. The van der Waals surface area contributed by atoms with Crippen LogP contribution >= 0.6 is 22.9 Å². The SMILES string of the molecule is CCCC(NCC)c1ccc(-c2ccc(Cl)cc2)s1. The standard InChI is InChI=1S/C16H20ClNS/c1-3-5-14(18-4-2)16-11-10-15(19-16)12-6-8-13(17)9-7-12/h6-11,14,18H,3-5H2,1-2H3. The van der Waals surface area contributed by atoms with Crippen molar-refractivity contribution in [2.45, 2.75) is 32.7 Å². The summed E-state index contributed by atoms with van der Waals surface area (Å²) in [5, 5.41) is 4.35. The fourth-order valence-corrected chi connectivity index (χ4v) is 3.44. The molecular formula is C16H20ClNS. The molecule has 0 bridgehead atoms. The second-order valence-corrected chi connectivity index (χ2v) is 6.16. The van der Waals surface area contributed by atoms with Crippen molar-refractivity contribution in [1.29, 1.82) is 0 Å². The van der Waals surface area contributed by atoms with Gasteiger partial charge in [0.25, 0.3) is 0 Å².